The van der Waals surface area contributed by atoms with Gasteiger partial charge in [-0.25, -0.2) is 8.42 Å². The van der Waals surface area contributed by atoms with E-state index in [9.17, 15) is 13.5 Å². The van der Waals surface area contributed by atoms with Gasteiger partial charge < -0.3 is 15.8 Å². The molecule has 0 saturated carbocycles. The van der Waals surface area contributed by atoms with Crippen LogP contribution in [0.5, 0.6) is 0 Å². The minimum absolute atomic E-state index is 0.492. The van der Waals surface area contributed by atoms with Gasteiger partial charge in [-0.15, -0.1) is 0 Å². The van der Waals surface area contributed by atoms with Crippen molar-refractivity contribution >= 4 is 26.6 Å². The third kappa shape index (κ3) is 3.12. The van der Waals surface area contributed by atoms with Crippen LogP contribution >= 0.6 is 0 Å². The molecule has 1 unspecified atom stereocenters. The van der Waals surface area contributed by atoms with Crippen molar-refractivity contribution in [3.05, 3.63) is 65.2 Å². The Kier molecular flexibility index (Phi) is 4.62. The van der Waals surface area contributed by atoms with Gasteiger partial charge >= 0.3 is 0 Å². The van der Waals surface area contributed by atoms with Crippen LogP contribution in [0.2, 0.25) is 0 Å². The van der Waals surface area contributed by atoms with E-state index in [2.05, 4.69) is 16.3 Å². The number of benzene rings is 2. The largest absolute Gasteiger partial charge is 0.374 e. The lowest BCUT2D eigenvalue weighted by atomic mass is 9.93. The van der Waals surface area contributed by atoms with Crippen LogP contribution in [0.3, 0.4) is 0 Å². The first kappa shape index (κ1) is 18.2. The number of rotatable bonds is 5. The molecule has 26 heavy (non-hydrogen) atoms. The predicted octanol–water partition coefficient (Wildman–Crippen LogP) is 3.29. The van der Waals surface area contributed by atoms with Crippen LogP contribution in [0.1, 0.15) is 22.9 Å². The molecule has 0 aliphatic carbocycles. The summed E-state index contributed by atoms with van der Waals surface area (Å²) in [6.07, 6.45) is 0.774. The molecule has 3 aromatic rings. The van der Waals surface area contributed by atoms with Gasteiger partial charge in [0.1, 0.15) is 6.23 Å². The molecule has 0 aliphatic rings. The highest BCUT2D eigenvalue weighted by atomic mass is 32.2. The molecular formula is C19H21N3O3S. The number of anilines is 1. The predicted molar refractivity (Wildman–Crippen MR) is 105 cm³/mol. The van der Waals surface area contributed by atoms with Crippen LogP contribution in [-0.4, -0.2) is 18.5 Å². The SMILES string of the molecule is C=CS(=O)(=O)Nc1cccc(-c2ccc(C(N)O)c3[nH]cc(C)c23)c1C. The summed E-state index contributed by atoms with van der Waals surface area (Å²) in [5, 5.41) is 11.6. The highest BCUT2D eigenvalue weighted by Crippen LogP contribution is 2.37. The fourth-order valence-electron chi connectivity index (χ4n) is 3.14. The Bertz CT molecular complexity index is 1100. The second-order valence-corrected chi connectivity index (χ2v) is 7.79. The van der Waals surface area contributed by atoms with Crippen LogP contribution in [-0.2, 0) is 10.0 Å². The Balaban J connectivity index is 2.24. The van der Waals surface area contributed by atoms with Crippen molar-refractivity contribution < 1.29 is 13.5 Å². The number of aliphatic hydroxyl groups excluding tert-OH is 1. The van der Waals surface area contributed by atoms with Crippen LogP contribution < -0.4 is 10.5 Å². The molecule has 0 aliphatic heterocycles. The van der Waals surface area contributed by atoms with Gasteiger partial charge in [0.25, 0.3) is 10.0 Å². The van der Waals surface area contributed by atoms with Crippen LogP contribution in [0.15, 0.2) is 48.5 Å². The number of aromatic nitrogens is 1. The molecule has 136 valence electrons. The van der Waals surface area contributed by atoms with Gasteiger partial charge in [-0.2, -0.15) is 0 Å². The van der Waals surface area contributed by atoms with Crippen molar-refractivity contribution in [2.24, 2.45) is 5.73 Å². The second kappa shape index (κ2) is 6.60. The number of fused-ring (bicyclic) bond motifs is 1. The van der Waals surface area contributed by atoms with Crippen molar-refractivity contribution in [1.29, 1.82) is 0 Å². The topological polar surface area (TPSA) is 108 Å². The van der Waals surface area contributed by atoms with Crippen molar-refractivity contribution in [2.45, 2.75) is 20.1 Å². The fraction of sp³-hybridized carbons (Fsp3) is 0.158. The maximum atomic E-state index is 11.8. The number of H-pyrrole nitrogens is 1. The van der Waals surface area contributed by atoms with Crippen molar-refractivity contribution in [3.8, 4) is 11.1 Å². The van der Waals surface area contributed by atoms with E-state index < -0.39 is 16.3 Å². The van der Waals surface area contributed by atoms with Crippen LogP contribution in [0, 0.1) is 13.8 Å². The average molecular weight is 371 g/mol. The monoisotopic (exact) mass is 371 g/mol. The zero-order valence-corrected chi connectivity index (χ0v) is 15.4. The molecule has 0 radical (unpaired) electrons. The fourth-order valence-corrected chi connectivity index (χ4v) is 3.75. The lowest BCUT2D eigenvalue weighted by Gasteiger charge is -2.15. The number of hydrogen-bond donors (Lipinski definition) is 4. The third-order valence-electron chi connectivity index (χ3n) is 4.48. The highest BCUT2D eigenvalue weighted by Gasteiger charge is 2.17. The van der Waals surface area contributed by atoms with Gasteiger partial charge in [-0.3, -0.25) is 4.72 Å². The lowest BCUT2D eigenvalue weighted by molar-refractivity contribution is 0.187. The maximum absolute atomic E-state index is 11.8. The molecule has 0 spiro atoms. The molecular weight excluding hydrogens is 350 g/mol. The summed E-state index contributed by atoms with van der Waals surface area (Å²) >= 11 is 0. The number of nitrogens with one attached hydrogen (secondary N) is 2. The van der Waals surface area contributed by atoms with Gasteiger partial charge in [0, 0.05) is 22.6 Å². The van der Waals surface area contributed by atoms with Crippen molar-refractivity contribution in [2.75, 3.05) is 4.72 Å². The van der Waals surface area contributed by atoms with E-state index in [4.69, 9.17) is 5.73 Å². The summed E-state index contributed by atoms with van der Waals surface area (Å²) in [5.74, 6) is 0. The highest BCUT2D eigenvalue weighted by molar-refractivity contribution is 7.95. The van der Waals surface area contributed by atoms with Crippen LogP contribution in [0.4, 0.5) is 5.69 Å². The first-order valence-corrected chi connectivity index (χ1v) is 9.59. The molecule has 0 bridgehead atoms. The number of aliphatic hydroxyl groups is 1. The van der Waals surface area contributed by atoms with E-state index in [1.807, 2.05) is 32.2 Å². The van der Waals surface area contributed by atoms with Gasteiger partial charge in [-0.1, -0.05) is 30.8 Å². The van der Waals surface area contributed by atoms with Gasteiger partial charge in [0.05, 0.1) is 11.2 Å². The summed E-state index contributed by atoms with van der Waals surface area (Å²) < 4.78 is 26.2. The van der Waals surface area contributed by atoms with Gasteiger partial charge in [-0.05, 0) is 42.2 Å². The molecule has 2 aromatic carbocycles. The smallest absolute Gasteiger partial charge is 0.254 e. The first-order chi connectivity index (χ1) is 12.2. The Morgan fingerprint density at radius 1 is 1.23 bits per heavy atom. The van der Waals surface area contributed by atoms with E-state index >= 15 is 0 Å². The normalized spacial score (nSPS) is 12.9. The van der Waals surface area contributed by atoms with E-state index in [1.165, 1.54) is 0 Å². The zero-order valence-electron chi connectivity index (χ0n) is 14.6. The summed E-state index contributed by atoms with van der Waals surface area (Å²) in [6.45, 7) is 7.14. The molecule has 0 fully saturated rings. The number of nitrogens with two attached hydrogens (primary N) is 1. The number of hydrogen-bond acceptors (Lipinski definition) is 4. The number of aromatic amines is 1. The second-order valence-electron chi connectivity index (χ2n) is 6.16. The molecule has 1 atom stereocenters. The third-order valence-corrected chi connectivity index (χ3v) is 5.42. The van der Waals surface area contributed by atoms with Crippen molar-refractivity contribution in [3.63, 3.8) is 0 Å². The minimum atomic E-state index is -3.59. The molecule has 5 N–H and O–H groups in total. The average Bonchev–Trinajstić information content (AvgIpc) is 2.98. The number of aryl methyl sites for hydroxylation is 1. The van der Waals surface area contributed by atoms with Crippen molar-refractivity contribution in [1.82, 2.24) is 4.98 Å². The Morgan fingerprint density at radius 3 is 2.62 bits per heavy atom. The Labute approximate surface area is 152 Å². The maximum Gasteiger partial charge on any atom is 0.254 e. The zero-order chi connectivity index (χ0) is 19.1. The summed E-state index contributed by atoms with van der Waals surface area (Å²) in [7, 11) is -3.59. The molecule has 1 aromatic heterocycles. The summed E-state index contributed by atoms with van der Waals surface area (Å²) in [6, 6.07) is 9.10. The van der Waals surface area contributed by atoms with Gasteiger partial charge in [0.2, 0.25) is 0 Å². The minimum Gasteiger partial charge on any atom is -0.374 e. The quantitative estimate of drug-likeness (QED) is 0.516. The Morgan fingerprint density at radius 2 is 1.96 bits per heavy atom. The summed E-state index contributed by atoms with van der Waals surface area (Å²) in [5.41, 5.74) is 11.2. The molecule has 0 saturated heterocycles. The molecule has 7 heteroatoms. The Hall–Kier alpha value is -2.61. The first-order valence-electron chi connectivity index (χ1n) is 8.04. The molecule has 6 nitrogen and oxygen atoms in total. The number of sulfonamides is 1. The van der Waals surface area contributed by atoms with E-state index in [0.717, 1.165) is 38.6 Å². The van der Waals surface area contributed by atoms with Crippen LogP contribution in [0.25, 0.3) is 22.0 Å². The van der Waals surface area contributed by atoms with E-state index in [0.29, 0.717) is 11.3 Å². The van der Waals surface area contributed by atoms with E-state index in [-0.39, 0.29) is 0 Å². The summed E-state index contributed by atoms with van der Waals surface area (Å²) in [4.78, 5) is 3.16. The van der Waals surface area contributed by atoms with Gasteiger partial charge in [0.15, 0.2) is 0 Å². The molecule has 1 heterocycles. The standard InChI is InChI=1S/C19H21N3O3S/c1-4-26(24,25)22-16-7-5-6-13(12(16)3)14-8-9-15(19(20)23)18-17(14)11(2)10-21-18/h4-10,19,21-23H,1,20H2,2-3H3. The molecule has 0 amide bonds. The molecule has 3 rings (SSSR count). The lowest BCUT2D eigenvalue weighted by Crippen LogP contribution is -2.10. The van der Waals surface area contributed by atoms with E-state index in [1.54, 1.807) is 18.2 Å².